The largest absolute Gasteiger partial charge is 0.481 e. The molecule has 0 saturated heterocycles. The van der Waals surface area contributed by atoms with Crippen LogP contribution >= 0.6 is 0 Å². The van der Waals surface area contributed by atoms with Crippen molar-refractivity contribution in [3.05, 3.63) is 59.7 Å². The minimum Gasteiger partial charge on any atom is -0.481 e. The third kappa shape index (κ3) is 5.58. The summed E-state index contributed by atoms with van der Waals surface area (Å²) in [7, 11) is 0. The first-order chi connectivity index (χ1) is 16.5. The molecule has 4 rings (SSSR count). The molecule has 2 aromatic carbocycles. The number of fused-ring (bicyclic) bond motifs is 3. The van der Waals surface area contributed by atoms with E-state index in [0.717, 1.165) is 47.9 Å². The normalized spacial score (nSPS) is 16.1. The van der Waals surface area contributed by atoms with E-state index in [1.807, 2.05) is 31.2 Å². The van der Waals surface area contributed by atoms with Crippen molar-refractivity contribution in [1.82, 2.24) is 10.6 Å². The summed E-state index contributed by atoms with van der Waals surface area (Å²) < 4.78 is 5.61. The van der Waals surface area contributed by atoms with Gasteiger partial charge in [-0.1, -0.05) is 68.3 Å². The van der Waals surface area contributed by atoms with Gasteiger partial charge in [-0.2, -0.15) is 0 Å². The maximum Gasteiger partial charge on any atom is 0.407 e. The Morgan fingerprint density at radius 3 is 2.18 bits per heavy atom. The number of carboxylic acids is 1. The van der Waals surface area contributed by atoms with Gasteiger partial charge < -0.3 is 20.5 Å². The van der Waals surface area contributed by atoms with Crippen LogP contribution in [0.5, 0.6) is 0 Å². The van der Waals surface area contributed by atoms with E-state index in [0.29, 0.717) is 6.42 Å². The number of ether oxygens (including phenoxy) is 1. The number of rotatable bonds is 11. The maximum atomic E-state index is 12.9. The molecule has 0 aromatic heterocycles. The zero-order valence-electron chi connectivity index (χ0n) is 19.5. The van der Waals surface area contributed by atoms with Crippen LogP contribution in [0.3, 0.4) is 0 Å². The van der Waals surface area contributed by atoms with Gasteiger partial charge in [0.25, 0.3) is 0 Å². The van der Waals surface area contributed by atoms with Crippen molar-refractivity contribution >= 4 is 18.0 Å². The topological polar surface area (TPSA) is 105 Å². The number of nitrogens with one attached hydrogen (secondary N) is 2. The van der Waals surface area contributed by atoms with Gasteiger partial charge in [0.05, 0.1) is 6.42 Å². The highest BCUT2D eigenvalue weighted by molar-refractivity contribution is 5.86. The lowest BCUT2D eigenvalue weighted by Crippen LogP contribution is -2.50. The number of aliphatic carboxylic acids is 1. The second kappa shape index (κ2) is 10.7. The number of carboxylic acid groups (broad SMARTS) is 1. The first-order valence-electron chi connectivity index (χ1n) is 12.1. The van der Waals surface area contributed by atoms with Crippen LogP contribution in [0.1, 0.15) is 62.5 Å². The van der Waals surface area contributed by atoms with E-state index in [9.17, 15) is 19.5 Å². The van der Waals surface area contributed by atoms with E-state index < -0.39 is 24.1 Å². The summed E-state index contributed by atoms with van der Waals surface area (Å²) in [5, 5.41) is 14.7. The Morgan fingerprint density at radius 1 is 1.00 bits per heavy atom. The van der Waals surface area contributed by atoms with Crippen LogP contribution in [0.4, 0.5) is 4.79 Å². The molecule has 7 heteroatoms. The molecule has 2 unspecified atom stereocenters. The van der Waals surface area contributed by atoms with E-state index in [1.54, 1.807) is 0 Å². The predicted octanol–water partition coefficient (Wildman–Crippen LogP) is 4.45. The predicted molar refractivity (Wildman–Crippen MR) is 128 cm³/mol. The highest BCUT2D eigenvalue weighted by Crippen LogP contribution is 2.44. The number of alkyl carbamates (subject to hydrolysis) is 1. The first kappa shape index (κ1) is 23.8. The van der Waals surface area contributed by atoms with Crippen molar-refractivity contribution in [3.8, 4) is 11.1 Å². The molecular weight excluding hydrogens is 432 g/mol. The van der Waals surface area contributed by atoms with Crippen LogP contribution < -0.4 is 10.6 Å². The van der Waals surface area contributed by atoms with Crippen molar-refractivity contribution < 1.29 is 24.2 Å². The molecule has 1 fully saturated rings. The van der Waals surface area contributed by atoms with Gasteiger partial charge in [0, 0.05) is 12.0 Å². The molecule has 0 heterocycles. The molecule has 0 aliphatic heterocycles. The average molecular weight is 465 g/mol. The molecule has 1 saturated carbocycles. The van der Waals surface area contributed by atoms with Gasteiger partial charge in [0.2, 0.25) is 5.91 Å². The van der Waals surface area contributed by atoms with Gasteiger partial charge >= 0.3 is 12.1 Å². The van der Waals surface area contributed by atoms with Crippen molar-refractivity contribution in [2.24, 2.45) is 5.92 Å². The summed E-state index contributed by atoms with van der Waals surface area (Å²) in [5.74, 6) is -1.15. The maximum absolute atomic E-state index is 12.9. The third-order valence-electron chi connectivity index (χ3n) is 6.71. The molecule has 2 aliphatic rings. The van der Waals surface area contributed by atoms with E-state index in [2.05, 4.69) is 34.9 Å². The molecule has 2 aliphatic carbocycles. The lowest BCUT2D eigenvalue weighted by Gasteiger charge is -2.23. The van der Waals surface area contributed by atoms with Crippen molar-refractivity contribution in [2.75, 3.05) is 6.61 Å². The molecule has 180 valence electrons. The molecule has 2 atom stereocenters. The van der Waals surface area contributed by atoms with Crippen LogP contribution in [0.25, 0.3) is 11.1 Å². The summed E-state index contributed by atoms with van der Waals surface area (Å²) in [6.07, 6.45) is 3.18. The molecule has 2 aromatic rings. The molecule has 7 nitrogen and oxygen atoms in total. The number of benzene rings is 2. The smallest absolute Gasteiger partial charge is 0.407 e. The fourth-order valence-corrected chi connectivity index (χ4v) is 4.76. The number of carbonyl (C=O) groups excluding carboxylic acids is 2. The number of carbonyl (C=O) groups is 3. The van der Waals surface area contributed by atoms with Crippen LogP contribution in [-0.2, 0) is 14.3 Å². The molecule has 2 amide bonds. The van der Waals surface area contributed by atoms with Gasteiger partial charge in [-0.25, -0.2) is 4.79 Å². The van der Waals surface area contributed by atoms with Gasteiger partial charge in [-0.3, -0.25) is 9.59 Å². The molecule has 3 N–H and O–H groups in total. The highest BCUT2D eigenvalue weighted by Gasteiger charge is 2.35. The number of hydrogen-bond acceptors (Lipinski definition) is 4. The fraction of sp³-hybridized carbons (Fsp3) is 0.444. The summed E-state index contributed by atoms with van der Waals surface area (Å²) in [6, 6.07) is 15.1. The Balaban J connectivity index is 1.38. The Labute approximate surface area is 199 Å². The Hall–Kier alpha value is -3.35. The van der Waals surface area contributed by atoms with Crippen LogP contribution in [0.2, 0.25) is 0 Å². The van der Waals surface area contributed by atoms with Crippen molar-refractivity contribution in [1.29, 1.82) is 0 Å². The summed E-state index contributed by atoms with van der Waals surface area (Å²) in [5.41, 5.74) is 4.55. The summed E-state index contributed by atoms with van der Waals surface area (Å²) >= 11 is 0. The number of unbranched alkanes of at least 4 members (excludes halogenated alkanes) is 1. The Bertz CT molecular complexity index is 1000. The monoisotopic (exact) mass is 464 g/mol. The fourth-order valence-electron chi connectivity index (χ4n) is 4.76. The van der Waals surface area contributed by atoms with Crippen LogP contribution in [0.15, 0.2) is 48.5 Å². The Kier molecular flexibility index (Phi) is 7.50. The SMILES string of the molecule is CCCCC(NC(=O)OCC1c2ccccc2-c2ccccc21)C(=O)NC(CC(=O)O)C1CC1. The van der Waals surface area contributed by atoms with Crippen LogP contribution in [-0.4, -0.2) is 41.8 Å². The van der Waals surface area contributed by atoms with Gasteiger partial charge in [-0.05, 0) is 47.4 Å². The van der Waals surface area contributed by atoms with E-state index in [1.165, 1.54) is 0 Å². The number of hydrogen-bond donors (Lipinski definition) is 3. The molecule has 34 heavy (non-hydrogen) atoms. The molecular formula is C27H32N2O5. The zero-order valence-corrected chi connectivity index (χ0v) is 19.5. The lowest BCUT2D eigenvalue weighted by molar-refractivity contribution is -0.138. The van der Waals surface area contributed by atoms with Gasteiger partial charge in [0.15, 0.2) is 0 Å². The third-order valence-corrected chi connectivity index (χ3v) is 6.71. The standard InChI is InChI=1S/C27H32N2O5/c1-2-3-12-23(26(32)28-24(15-25(30)31)17-13-14-17)29-27(33)34-16-22-20-10-6-4-8-18(20)19-9-5-7-11-21(19)22/h4-11,17,22-24H,2-3,12-16H2,1H3,(H,28,32)(H,29,33)(H,30,31). The lowest BCUT2D eigenvalue weighted by atomic mass is 9.98. The molecule has 0 spiro atoms. The second-order valence-electron chi connectivity index (χ2n) is 9.22. The van der Waals surface area contributed by atoms with Crippen LogP contribution in [0, 0.1) is 5.92 Å². The second-order valence-corrected chi connectivity index (χ2v) is 9.22. The summed E-state index contributed by atoms with van der Waals surface area (Å²) in [4.78, 5) is 36.8. The van der Waals surface area contributed by atoms with E-state index >= 15 is 0 Å². The van der Waals surface area contributed by atoms with Gasteiger partial charge in [0.1, 0.15) is 12.6 Å². The van der Waals surface area contributed by atoms with Crippen molar-refractivity contribution in [3.63, 3.8) is 0 Å². The van der Waals surface area contributed by atoms with E-state index in [4.69, 9.17) is 4.74 Å². The quantitative estimate of drug-likeness (QED) is 0.456. The highest BCUT2D eigenvalue weighted by atomic mass is 16.5. The first-order valence-corrected chi connectivity index (χ1v) is 12.1. The minimum absolute atomic E-state index is 0.0594. The average Bonchev–Trinajstić information content (AvgIpc) is 3.63. The minimum atomic E-state index is -0.938. The zero-order chi connectivity index (χ0) is 24.1. The van der Waals surface area contributed by atoms with E-state index in [-0.39, 0.29) is 30.8 Å². The summed E-state index contributed by atoms with van der Waals surface area (Å²) in [6.45, 7) is 2.19. The molecule has 0 bridgehead atoms. The molecule has 0 radical (unpaired) electrons. The van der Waals surface area contributed by atoms with Crippen molar-refractivity contribution in [2.45, 2.75) is 63.5 Å². The van der Waals surface area contributed by atoms with Gasteiger partial charge in [-0.15, -0.1) is 0 Å². The Morgan fingerprint density at radius 2 is 1.62 bits per heavy atom. The number of amides is 2.